The second kappa shape index (κ2) is 14.8. The van der Waals surface area contributed by atoms with Gasteiger partial charge in [-0.3, -0.25) is 0 Å². The minimum Gasteiger partial charge on any atom is -0.457 e. The molecule has 0 atom stereocenters. The maximum absolute atomic E-state index is 6.79. The largest absolute Gasteiger partial charge is 0.457 e. The minimum absolute atomic E-state index is 0.729. The molecule has 12 aromatic rings. The normalized spacial score (nSPS) is 12.9. The van der Waals surface area contributed by atoms with Crippen molar-refractivity contribution in [3.8, 4) is 22.9 Å². The maximum Gasteiger partial charge on any atom is 0.132 e. The van der Waals surface area contributed by atoms with Crippen molar-refractivity contribution < 1.29 is 4.74 Å². The molecule has 0 spiro atoms. The number of aromatic nitrogens is 2. The van der Waals surface area contributed by atoms with E-state index in [1.165, 1.54) is 43.7 Å². The van der Waals surface area contributed by atoms with Crippen molar-refractivity contribution in [2.24, 2.45) is 0 Å². The number of para-hydroxylation sites is 7. The molecule has 0 unspecified atom stereocenters. The Morgan fingerprint density at radius 3 is 1.29 bits per heavy atom. The fourth-order valence-corrected chi connectivity index (χ4v) is 10.7. The fraction of sp³-hybridized carbons (Fsp3) is 0.0164. The Morgan fingerprint density at radius 2 is 0.723 bits per heavy atom. The smallest absolute Gasteiger partial charge is 0.132 e. The number of hydrogen-bond donors (Lipinski definition) is 0. The van der Waals surface area contributed by atoms with Crippen LogP contribution in [0.2, 0.25) is 0 Å². The van der Waals surface area contributed by atoms with E-state index in [1.807, 2.05) is 0 Å². The molecule has 0 N–H and O–H groups in total. The van der Waals surface area contributed by atoms with Gasteiger partial charge in [-0.25, -0.2) is 0 Å². The molecule has 0 bridgehead atoms. The van der Waals surface area contributed by atoms with Crippen molar-refractivity contribution in [2.75, 3.05) is 4.90 Å². The van der Waals surface area contributed by atoms with E-state index >= 15 is 0 Å². The summed E-state index contributed by atoms with van der Waals surface area (Å²) in [5, 5.41) is 4.83. The molecular weight excluding hydrogens is 791 g/mol. The van der Waals surface area contributed by atoms with E-state index < -0.39 is 5.41 Å². The van der Waals surface area contributed by atoms with E-state index in [1.54, 1.807) is 0 Å². The van der Waals surface area contributed by atoms with Gasteiger partial charge in [0.1, 0.15) is 11.5 Å². The van der Waals surface area contributed by atoms with Gasteiger partial charge in [0.15, 0.2) is 0 Å². The van der Waals surface area contributed by atoms with Crippen LogP contribution in [0.5, 0.6) is 11.5 Å². The number of benzene rings is 10. The SMILES string of the molecule is c1ccc(N(c2ccccc2)c2ccc(C3(c4ccc5c(c4)c4cc6c(cc4n5-c4ccccc4)c4ccccc4n6-c4ccccc4)c4ccccc4Oc4ccccc43)cc2)cc1. The topological polar surface area (TPSA) is 22.3 Å². The fourth-order valence-electron chi connectivity index (χ4n) is 10.7. The molecule has 10 aromatic carbocycles. The van der Waals surface area contributed by atoms with Gasteiger partial charge in [0.25, 0.3) is 0 Å². The molecule has 3 heterocycles. The summed E-state index contributed by atoms with van der Waals surface area (Å²) in [6, 6.07) is 89.9. The highest BCUT2D eigenvalue weighted by molar-refractivity contribution is 6.19. The van der Waals surface area contributed by atoms with Crippen molar-refractivity contribution in [1.82, 2.24) is 9.13 Å². The average Bonchev–Trinajstić information content (AvgIpc) is 3.88. The lowest BCUT2D eigenvalue weighted by Gasteiger charge is -2.41. The number of anilines is 3. The average molecular weight is 832 g/mol. The predicted octanol–water partition coefficient (Wildman–Crippen LogP) is 15.8. The lowest BCUT2D eigenvalue weighted by atomic mass is 9.63. The summed E-state index contributed by atoms with van der Waals surface area (Å²) in [6.07, 6.45) is 0. The lowest BCUT2D eigenvalue weighted by molar-refractivity contribution is 0.434. The van der Waals surface area contributed by atoms with Crippen LogP contribution in [0, 0.1) is 0 Å². The minimum atomic E-state index is -0.729. The summed E-state index contributed by atoms with van der Waals surface area (Å²) in [5.74, 6) is 1.71. The van der Waals surface area contributed by atoms with Gasteiger partial charge in [-0.05, 0) is 114 Å². The molecule has 0 saturated heterocycles. The van der Waals surface area contributed by atoms with Crippen LogP contribution in [0.1, 0.15) is 22.3 Å². The first-order chi connectivity index (χ1) is 32.3. The van der Waals surface area contributed by atoms with E-state index in [-0.39, 0.29) is 0 Å². The maximum atomic E-state index is 6.79. The summed E-state index contributed by atoms with van der Waals surface area (Å²) in [5.41, 5.74) is 14.0. The quantitative estimate of drug-likeness (QED) is 0.160. The molecule has 4 heteroatoms. The lowest BCUT2D eigenvalue weighted by Crippen LogP contribution is -2.34. The van der Waals surface area contributed by atoms with Crippen molar-refractivity contribution in [1.29, 1.82) is 0 Å². The zero-order valence-electron chi connectivity index (χ0n) is 35.4. The number of rotatable bonds is 7. The summed E-state index contributed by atoms with van der Waals surface area (Å²) in [4.78, 5) is 2.32. The van der Waals surface area contributed by atoms with Gasteiger partial charge in [-0.2, -0.15) is 0 Å². The van der Waals surface area contributed by atoms with Crippen molar-refractivity contribution >= 4 is 60.7 Å². The molecule has 0 aliphatic carbocycles. The Morgan fingerprint density at radius 1 is 0.308 bits per heavy atom. The summed E-state index contributed by atoms with van der Waals surface area (Å²) in [7, 11) is 0. The van der Waals surface area contributed by atoms with Crippen LogP contribution < -0.4 is 9.64 Å². The van der Waals surface area contributed by atoms with Gasteiger partial charge in [-0.15, -0.1) is 0 Å². The number of fused-ring (bicyclic) bond motifs is 8. The molecule has 13 rings (SSSR count). The van der Waals surface area contributed by atoms with E-state index in [0.717, 1.165) is 62.1 Å². The molecule has 65 heavy (non-hydrogen) atoms. The Kier molecular flexibility index (Phi) is 8.40. The Labute approximate surface area is 377 Å². The first-order valence-electron chi connectivity index (χ1n) is 22.3. The number of ether oxygens (including phenoxy) is 1. The monoisotopic (exact) mass is 831 g/mol. The van der Waals surface area contributed by atoms with E-state index in [4.69, 9.17) is 4.74 Å². The zero-order valence-corrected chi connectivity index (χ0v) is 35.4. The van der Waals surface area contributed by atoms with E-state index in [2.05, 4.69) is 263 Å². The van der Waals surface area contributed by atoms with Gasteiger partial charge in [0.2, 0.25) is 0 Å². The highest BCUT2D eigenvalue weighted by Gasteiger charge is 2.45. The third kappa shape index (κ3) is 5.64. The zero-order chi connectivity index (χ0) is 42.9. The number of hydrogen-bond acceptors (Lipinski definition) is 2. The summed E-state index contributed by atoms with van der Waals surface area (Å²) in [6.45, 7) is 0. The molecule has 1 aliphatic heterocycles. The van der Waals surface area contributed by atoms with Crippen LogP contribution in [0.3, 0.4) is 0 Å². The van der Waals surface area contributed by atoms with Crippen molar-refractivity contribution in [2.45, 2.75) is 5.41 Å². The van der Waals surface area contributed by atoms with Crippen LogP contribution in [-0.4, -0.2) is 9.13 Å². The van der Waals surface area contributed by atoms with E-state index in [0.29, 0.717) is 0 Å². The van der Waals surface area contributed by atoms with Crippen LogP contribution in [0.15, 0.2) is 249 Å². The first kappa shape index (κ1) is 37.0. The summed E-state index contributed by atoms with van der Waals surface area (Å²) < 4.78 is 11.7. The van der Waals surface area contributed by atoms with Gasteiger partial charge < -0.3 is 18.8 Å². The standard InChI is InChI=1S/C61H41N3O/c1-5-19-44(20-6-1)62(45-21-7-2-8-22-45)48-36-33-42(34-37-48)61(53-28-14-17-31-59(53)65-60-32-18-15-29-54(60)61)43-35-38-56-50(39-43)52-41-57-51(40-58(52)64(56)47-25-11-4-12-26-47)49-27-13-16-30-55(49)63(57)46-23-9-3-10-24-46/h1-41H. The van der Waals surface area contributed by atoms with Crippen LogP contribution in [0.4, 0.5) is 17.1 Å². The van der Waals surface area contributed by atoms with Crippen LogP contribution >= 0.6 is 0 Å². The molecule has 0 radical (unpaired) electrons. The first-order valence-corrected chi connectivity index (χ1v) is 22.3. The van der Waals surface area contributed by atoms with Gasteiger partial charge in [-0.1, -0.05) is 146 Å². The highest BCUT2D eigenvalue weighted by atomic mass is 16.5. The van der Waals surface area contributed by atoms with Crippen molar-refractivity contribution in [3.63, 3.8) is 0 Å². The highest BCUT2D eigenvalue weighted by Crippen LogP contribution is 2.56. The molecule has 0 amide bonds. The molecule has 1 aliphatic rings. The molecule has 306 valence electrons. The van der Waals surface area contributed by atoms with Crippen molar-refractivity contribution in [3.05, 3.63) is 271 Å². The Bertz CT molecular complexity index is 3640. The molecule has 0 saturated carbocycles. The number of nitrogens with zero attached hydrogens (tertiary/aromatic N) is 3. The second-order valence-electron chi connectivity index (χ2n) is 16.9. The summed E-state index contributed by atoms with van der Waals surface area (Å²) >= 11 is 0. The third-order valence-electron chi connectivity index (χ3n) is 13.4. The van der Waals surface area contributed by atoms with Crippen LogP contribution in [-0.2, 0) is 5.41 Å². The van der Waals surface area contributed by atoms with Gasteiger partial charge in [0, 0.05) is 61.1 Å². The Balaban J connectivity index is 1.11. The Hall–Kier alpha value is -8.60. The van der Waals surface area contributed by atoms with Crippen LogP contribution in [0.25, 0.3) is 55.0 Å². The third-order valence-corrected chi connectivity index (χ3v) is 13.4. The molecule has 4 nitrogen and oxygen atoms in total. The van der Waals surface area contributed by atoms with Gasteiger partial charge in [0.05, 0.1) is 27.5 Å². The van der Waals surface area contributed by atoms with E-state index in [9.17, 15) is 0 Å². The molecule has 2 aromatic heterocycles. The second-order valence-corrected chi connectivity index (χ2v) is 16.9. The predicted molar refractivity (Wildman–Crippen MR) is 268 cm³/mol. The van der Waals surface area contributed by atoms with Gasteiger partial charge >= 0.3 is 0 Å². The molecule has 0 fully saturated rings. The molecular formula is C61H41N3O.